The molecule has 10 nitrogen and oxygen atoms in total. The number of rotatable bonds is 8. The van der Waals surface area contributed by atoms with Gasteiger partial charge in [0.2, 0.25) is 0 Å². The normalized spacial score (nSPS) is 24.9. The number of phenolic OH excluding ortho intramolecular Hbond substituents is 3. The summed E-state index contributed by atoms with van der Waals surface area (Å²) in [5.74, 6) is -1.21. The predicted octanol–water partition coefficient (Wildman–Crippen LogP) is 0.0304. The summed E-state index contributed by atoms with van der Waals surface area (Å²) in [6, 6.07) is 8.93. The third kappa shape index (κ3) is 6.25. The first kappa shape index (κ1) is 25.5. The van der Waals surface area contributed by atoms with Gasteiger partial charge in [0.05, 0.1) is 12.7 Å². The number of benzene rings is 2. The van der Waals surface area contributed by atoms with Crippen molar-refractivity contribution in [3.63, 3.8) is 0 Å². The van der Waals surface area contributed by atoms with E-state index in [0.29, 0.717) is 23.1 Å². The van der Waals surface area contributed by atoms with Crippen LogP contribution in [0, 0.1) is 0 Å². The Kier molecular flexibility index (Phi) is 8.48. The lowest BCUT2D eigenvalue weighted by Gasteiger charge is -2.40. The monoisotopic (exact) mass is 476 g/mol. The van der Waals surface area contributed by atoms with Crippen LogP contribution in [-0.2, 0) is 33.7 Å². The molecule has 0 bridgehead atoms. The molecule has 1 saturated heterocycles. The number of ether oxygens (including phenoxy) is 2. The Balaban J connectivity index is 1.52. The van der Waals surface area contributed by atoms with Crippen LogP contribution in [0.1, 0.15) is 16.7 Å². The minimum absolute atomic E-state index is 0.0168. The van der Waals surface area contributed by atoms with Crippen LogP contribution in [0.15, 0.2) is 48.6 Å². The zero-order chi connectivity index (χ0) is 24.8. The van der Waals surface area contributed by atoms with E-state index in [1.807, 2.05) is 0 Å². The summed E-state index contributed by atoms with van der Waals surface area (Å²) >= 11 is 0. The molecule has 0 spiro atoms. The van der Waals surface area contributed by atoms with E-state index in [1.54, 1.807) is 24.3 Å². The number of aliphatic hydroxyl groups is 4. The van der Waals surface area contributed by atoms with Crippen LogP contribution in [0.3, 0.4) is 0 Å². The molecule has 1 aliphatic rings. The van der Waals surface area contributed by atoms with E-state index in [0.717, 1.165) is 0 Å². The zero-order valence-corrected chi connectivity index (χ0v) is 18.2. The van der Waals surface area contributed by atoms with Crippen molar-refractivity contribution in [1.29, 1.82) is 0 Å². The van der Waals surface area contributed by atoms with Gasteiger partial charge >= 0.3 is 5.97 Å². The Morgan fingerprint density at radius 3 is 2.24 bits per heavy atom. The molecule has 1 aliphatic heterocycles. The topological polar surface area (TPSA) is 177 Å². The van der Waals surface area contributed by atoms with E-state index in [9.17, 15) is 40.5 Å². The Morgan fingerprint density at radius 1 is 0.882 bits per heavy atom. The smallest absolute Gasteiger partial charge is 0.330 e. The first-order valence-electron chi connectivity index (χ1n) is 10.6. The number of aromatic hydroxyl groups is 3. The van der Waals surface area contributed by atoms with Gasteiger partial charge in [-0.15, -0.1) is 0 Å². The highest BCUT2D eigenvalue weighted by Crippen LogP contribution is 2.28. The Hall–Kier alpha value is -3.15. The van der Waals surface area contributed by atoms with E-state index >= 15 is 0 Å². The Morgan fingerprint density at radius 2 is 1.56 bits per heavy atom. The zero-order valence-electron chi connectivity index (χ0n) is 18.2. The lowest BCUT2D eigenvalue weighted by atomic mass is 9.91. The lowest BCUT2D eigenvalue weighted by molar-refractivity contribution is -0.228. The molecule has 7 N–H and O–H groups in total. The van der Waals surface area contributed by atoms with Gasteiger partial charge in [-0.25, -0.2) is 4.79 Å². The average Bonchev–Trinajstić information content (AvgIpc) is 2.81. The molecular weight excluding hydrogens is 448 g/mol. The van der Waals surface area contributed by atoms with Crippen molar-refractivity contribution in [3.05, 3.63) is 65.2 Å². The van der Waals surface area contributed by atoms with Gasteiger partial charge in [-0.3, -0.25) is 0 Å². The fourth-order valence-corrected chi connectivity index (χ4v) is 3.63. The Labute approximate surface area is 195 Å². The number of aliphatic hydroxyl groups excluding tert-OH is 4. The molecule has 1 fully saturated rings. The molecule has 0 aromatic heterocycles. The van der Waals surface area contributed by atoms with Crippen molar-refractivity contribution in [3.8, 4) is 17.2 Å². The number of carbonyl (C=O) groups excluding carboxylic acids is 1. The van der Waals surface area contributed by atoms with Crippen LogP contribution >= 0.6 is 0 Å². The molecule has 10 heteroatoms. The maximum Gasteiger partial charge on any atom is 0.330 e. The second-order valence-electron chi connectivity index (χ2n) is 8.07. The molecule has 184 valence electrons. The van der Waals surface area contributed by atoms with Crippen LogP contribution in [0.25, 0.3) is 0 Å². The molecule has 0 amide bonds. The van der Waals surface area contributed by atoms with Gasteiger partial charge in [0.25, 0.3) is 0 Å². The molecule has 0 saturated carbocycles. The van der Waals surface area contributed by atoms with E-state index in [-0.39, 0.29) is 30.3 Å². The quantitative estimate of drug-likeness (QED) is 0.156. The Bertz CT molecular complexity index is 1020. The molecule has 0 radical (unpaired) electrons. The summed E-state index contributed by atoms with van der Waals surface area (Å²) in [6.07, 6.45) is -3.20. The number of esters is 1. The van der Waals surface area contributed by atoms with E-state index in [2.05, 4.69) is 0 Å². The van der Waals surface area contributed by atoms with Gasteiger partial charge in [-0.2, -0.15) is 0 Å². The number of hydrogen-bond donors (Lipinski definition) is 7. The van der Waals surface area contributed by atoms with Crippen LogP contribution in [0.5, 0.6) is 17.2 Å². The standard InChI is InChI=1S/C24H28O10/c25-11-20-23(31)24(32)22(30)19(34-20)10-15-6-4-14(9-17(15)27)12-33-21(29)3-1-2-13-5-7-16(26)18(28)8-13/h1,3-9,19-20,22-28,30-32H,2,10-12H2/t19-,20+,22-,23+,24+/m0/s1. The van der Waals surface area contributed by atoms with E-state index in [1.165, 1.54) is 24.3 Å². The van der Waals surface area contributed by atoms with Gasteiger partial charge in [-0.1, -0.05) is 24.3 Å². The fraction of sp³-hybridized carbons (Fsp3) is 0.375. The molecule has 1 heterocycles. The third-order valence-electron chi connectivity index (χ3n) is 5.59. The summed E-state index contributed by atoms with van der Waals surface area (Å²) in [5.41, 5.74) is 1.61. The van der Waals surface area contributed by atoms with Gasteiger partial charge in [0, 0.05) is 12.5 Å². The molecule has 0 aliphatic carbocycles. The molecular formula is C24H28O10. The summed E-state index contributed by atoms with van der Waals surface area (Å²) in [7, 11) is 0. The van der Waals surface area contributed by atoms with Gasteiger partial charge in [0.1, 0.15) is 36.8 Å². The summed E-state index contributed by atoms with van der Waals surface area (Å²) in [4.78, 5) is 11.9. The van der Waals surface area contributed by atoms with Crippen molar-refractivity contribution in [2.75, 3.05) is 6.61 Å². The summed E-state index contributed by atoms with van der Waals surface area (Å²) in [5, 5.41) is 68.3. The molecule has 5 atom stereocenters. The summed E-state index contributed by atoms with van der Waals surface area (Å²) in [6.45, 7) is -0.638. The molecule has 3 rings (SSSR count). The largest absolute Gasteiger partial charge is 0.508 e. The van der Waals surface area contributed by atoms with Crippen LogP contribution in [0.4, 0.5) is 0 Å². The van der Waals surface area contributed by atoms with Crippen molar-refractivity contribution in [2.45, 2.75) is 50.0 Å². The van der Waals surface area contributed by atoms with Crippen LogP contribution < -0.4 is 0 Å². The molecule has 34 heavy (non-hydrogen) atoms. The van der Waals surface area contributed by atoms with Crippen LogP contribution in [-0.4, -0.2) is 78.8 Å². The van der Waals surface area contributed by atoms with E-state index < -0.39 is 43.1 Å². The predicted molar refractivity (Wildman–Crippen MR) is 118 cm³/mol. The minimum Gasteiger partial charge on any atom is -0.508 e. The number of hydrogen-bond acceptors (Lipinski definition) is 10. The molecule has 0 unspecified atom stereocenters. The second-order valence-corrected chi connectivity index (χ2v) is 8.07. The first-order chi connectivity index (χ1) is 16.2. The van der Waals surface area contributed by atoms with Crippen molar-refractivity contribution >= 4 is 5.97 Å². The maximum absolute atomic E-state index is 11.9. The summed E-state index contributed by atoms with van der Waals surface area (Å²) < 4.78 is 10.6. The van der Waals surface area contributed by atoms with Crippen molar-refractivity contribution < 1.29 is 50.0 Å². The number of carbonyl (C=O) groups is 1. The number of phenols is 3. The SMILES string of the molecule is O=C(C=CCc1ccc(O)c(O)c1)OCc1ccc(C[C@@H]2O[C@H](CO)[C@@H](O)[C@H](O)[C@H]2O)c(O)c1. The van der Waals surface area contributed by atoms with Crippen LogP contribution in [0.2, 0.25) is 0 Å². The molecule has 2 aromatic carbocycles. The average molecular weight is 476 g/mol. The van der Waals surface area contributed by atoms with E-state index in [4.69, 9.17) is 9.47 Å². The third-order valence-corrected chi connectivity index (χ3v) is 5.59. The maximum atomic E-state index is 11.9. The highest BCUT2D eigenvalue weighted by Gasteiger charge is 2.43. The van der Waals surface area contributed by atoms with Crippen molar-refractivity contribution in [1.82, 2.24) is 0 Å². The van der Waals surface area contributed by atoms with Gasteiger partial charge in [-0.05, 0) is 41.3 Å². The van der Waals surface area contributed by atoms with Gasteiger partial charge < -0.3 is 45.2 Å². The highest BCUT2D eigenvalue weighted by molar-refractivity contribution is 5.81. The lowest BCUT2D eigenvalue weighted by Crippen LogP contribution is -2.59. The molecule has 2 aromatic rings. The van der Waals surface area contributed by atoms with Gasteiger partial charge in [0.15, 0.2) is 11.5 Å². The first-order valence-corrected chi connectivity index (χ1v) is 10.6. The fourth-order valence-electron chi connectivity index (χ4n) is 3.63. The van der Waals surface area contributed by atoms with Crippen molar-refractivity contribution in [2.24, 2.45) is 0 Å². The number of allylic oxidation sites excluding steroid dienone is 1. The second kappa shape index (κ2) is 11.3. The highest BCUT2D eigenvalue weighted by atomic mass is 16.5. The minimum atomic E-state index is -1.50.